The number of aliphatic carboxylic acids is 1. The van der Waals surface area contributed by atoms with Crippen LogP contribution < -0.4 is 10.4 Å². The molecule has 1 aromatic carbocycles. The zero-order valence-electron chi connectivity index (χ0n) is 13.3. The number of allylic oxidation sites excluding steroid dienone is 4. The van der Waals surface area contributed by atoms with Crippen LogP contribution in [0.5, 0.6) is 0 Å². The van der Waals surface area contributed by atoms with Crippen LogP contribution in [0.2, 0.25) is 0 Å². The summed E-state index contributed by atoms with van der Waals surface area (Å²) in [4.78, 5) is 10.7. The lowest BCUT2D eigenvalue weighted by molar-refractivity contribution is -0.132. The van der Waals surface area contributed by atoms with Gasteiger partial charge in [-0.1, -0.05) is 37.6 Å². The molecule has 1 rings (SSSR count). The molecule has 0 aliphatic rings. The smallest absolute Gasteiger partial charge is 0.346 e. The molecule has 0 radical (unpaired) electrons. The molecule has 0 fully saturated rings. The van der Waals surface area contributed by atoms with Crippen molar-refractivity contribution in [3.05, 3.63) is 63.6 Å². The molecule has 1 aromatic rings. The summed E-state index contributed by atoms with van der Waals surface area (Å²) in [6, 6.07) is 5.16. The zero-order valence-corrected chi connectivity index (χ0v) is 13.3. The lowest BCUT2D eigenvalue weighted by Gasteiger charge is -2.05. The van der Waals surface area contributed by atoms with Crippen molar-refractivity contribution in [2.75, 3.05) is 0 Å². The van der Waals surface area contributed by atoms with Crippen molar-refractivity contribution in [3.63, 3.8) is 0 Å². The number of aliphatic hydroxyl groups excluding tert-OH is 2. The summed E-state index contributed by atoms with van der Waals surface area (Å²) >= 11 is 0. The van der Waals surface area contributed by atoms with Crippen LogP contribution in [0.3, 0.4) is 0 Å². The first-order chi connectivity index (χ1) is 11.6. The van der Waals surface area contributed by atoms with Crippen molar-refractivity contribution in [1.29, 1.82) is 5.26 Å². The summed E-state index contributed by atoms with van der Waals surface area (Å²) in [5, 5.41) is 36.9. The van der Waals surface area contributed by atoms with Crippen LogP contribution in [0.15, 0.2) is 42.0 Å². The van der Waals surface area contributed by atoms with Gasteiger partial charge in [0.1, 0.15) is 11.6 Å². The van der Waals surface area contributed by atoms with E-state index in [9.17, 15) is 15.0 Å². The highest BCUT2D eigenvalue weighted by Gasteiger charge is 2.02. The summed E-state index contributed by atoms with van der Waals surface area (Å²) in [5.41, 5.74) is 1.56. The second-order valence-corrected chi connectivity index (χ2v) is 4.93. The monoisotopic (exact) mass is 325 g/mol. The van der Waals surface area contributed by atoms with E-state index < -0.39 is 5.97 Å². The number of benzene rings is 1. The molecule has 0 saturated carbocycles. The van der Waals surface area contributed by atoms with Crippen molar-refractivity contribution < 1.29 is 20.1 Å². The van der Waals surface area contributed by atoms with Crippen LogP contribution in [0.4, 0.5) is 0 Å². The molecule has 0 spiro atoms. The molecule has 124 valence electrons. The molecule has 0 aliphatic carbocycles. The van der Waals surface area contributed by atoms with Gasteiger partial charge in [0.25, 0.3) is 0 Å². The summed E-state index contributed by atoms with van der Waals surface area (Å²) in [6.07, 6.45) is 11.5. The predicted molar refractivity (Wildman–Crippen MR) is 93.4 cm³/mol. The Morgan fingerprint density at radius 2 is 1.83 bits per heavy atom. The Balaban J connectivity index is 3.14. The number of nitriles is 1. The first-order valence-corrected chi connectivity index (χ1v) is 7.37. The minimum Gasteiger partial charge on any atom is -0.515 e. The van der Waals surface area contributed by atoms with Crippen LogP contribution in [-0.2, 0) is 11.2 Å². The molecule has 0 bridgehead atoms. The average molecular weight is 325 g/mol. The van der Waals surface area contributed by atoms with Gasteiger partial charge in [-0.15, -0.1) is 0 Å². The number of aryl methyl sites for hydroxylation is 1. The third kappa shape index (κ3) is 5.18. The van der Waals surface area contributed by atoms with Gasteiger partial charge < -0.3 is 15.3 Å². The molecule has 3 N–H and O–H groups in total. The SMILES string of the molecule is CCCc1cc(=CO)c(=CO)cc1C=CC=CC=C(C#N)C(=O)O. The Bertz CT molecular complexity index is 839. The number of rotatable bonds is 6. The minimum absolute atomic E-state index is 0.341. The lowest BCUT2D eigenvalue weighted by Crippen LogP contribution is -2.26. The highest BCUT2D eigenvalue weighted by atomic mass is 16.4. The molecule has 0 amide bonds. The fourth-order valence-corrected chi connectivity index (χ4v) is 2.09. The summed E-state index contributed by atoms with van der Waals surface area (Å²) in [6.45, 7) is 2.04. The van der Waals surface area contributed by atoms with E-state index >= 15 is 0 Å². The topological polar surface area (TPSA) is 102 Å². The molecule has 0 saturated heterocycles. The van der Waals surface area contributed by atoms with Gasteiger partial charge in [0.05, 0.1) is 12.5 Å². The molecule has 5 heteroatoms. The summed E-state index contributed by atoms with van der Waals surface area (Å²) < 4.78 is 0. The van der Waals surface area contributed by atoms with Gasteiger partial charge in [0, 0.05) is 10.4 Å². The molecule has 0 aliphatic heterocycles. The third-order valence-electron chi connectivity index (χ3n) is 3.25. The first kappa shape index (κ1) is 18.8. The Morgan fingerprint density at radius 1 is 1.17 bits per heavy atom. The molecule has 24 heavy (non-hydrogen) atoms. The average Bonchev–Trinajstić information content (AvgIpc) is 2.58. The van der Waals surface area contributed by atoms with E-state index in [1.54, 1.807) is 24.3 Å². The first-order valence-electron chi connectivity index (χ1n) is 7.37. The number of aliphatic hydroxyl groups is 2. The standard InChI is InChI=1S/C19H19NO4/c1-2-6-14-9-17(12-21)18(13-22)10-15(14)7-4-3-5-8-16(11-20)19(23)24/h3-5,7-10,12-13,21-22H,2,6H2,1H3,(H,23,24). The van der Waals surface area contributed by atoms with Crippen molar-refractivity contribution in [2.45, 2.75) is 19.8 Å². The second-order valence-electron chi connectivity index (χ2n) is 4.93. The predicted octanol–water partition coefficient (Wildman–Crippen LogP) is 2.34. The molecule has 0 heterocycles. The van der Waals surface area contributed by atoms with E-state index in [1.165, 1.54) is 12.2 Å². The van der Waals surface area contributed by atoms with Gasteiger partial charge in [-0.3, -0.25) is 0 Å². The number of hydrogen-bond donors (Lipinski definition) is 3. The molecular weight excluding hydrogens is 306 g/mol. The lowest BCUT2D eigenvalue weighted by atomic mass is 10.0. The van der Waals surface area contributed by atoms with Gasteiger partial charge in [0.15, 0.2) is 0 Å². The molecule has 0 unspecified atom stereocenters. The van der Waals surface area contributed by atoms with Crippen molar-refractivity contribution in [3.8, 4) is 6.07 Å². The highest BCUT2D eigenvalue weighted by Crippen LogP contribution is 2.09. The normalized spacial score (nSPS) is 13.8. The number of carboxylic acid groups (broad SMARTS) is 1. The highest BCUT2D eigenvalue weighted by molar-refractivity contribution is 5.91. The van der Waals surface area contributed by atoms with Crippen molar-refractivity contribution >= 4 is 24.6 Å². The van der Waals surface area contributed by atoms with E-state index in [0.29, 0.717) is 10.4 Å². The van der Waals surface area contributed by atoms with Gasteiger partial charge in [-0.25, -0.2) is 4.79 Å². The fraction of sp³-hybridized carbons (Fsp3) is 0.158. The maximum Gasteiger partial charge on any atom is 0.346 e. The van der Waals surface area contributed by atoms with E-state index in [-0.39, 0.29) is 5.57 Å². The van der Waals surface area contributed by atoms with Crippen LogP contribution >= 0.6 is 0 Å². The number of carbonyl (C=O) groups is 1. The van der Waals surface area contributed by atoms with Gasteiger partial charge in [-0.05, 0) is 35.8 Å². The molecule has 0 aromatic heterocycles. The van der Waals surface area contributed by atoms with E-state index in [4.69, 9.17) is 10.4 Å². The van der Waals surface area contributed by atoms with Gasteiger partial charge >= 0.3 is 5.97 Å². The third-order valence-corrected chi connectivity index (χ3v) is 3.25. The summed E-state index contributed by atoms with van der Waals surface area (Å²) in [7, 11) is 0. The maximum atomic E-state index is 10.7. The zero-order chi connectivity index (χ0) is 17.9. The van der Waals surface area contributed by atoms with E-state index in [0.717, 1.165) is 36.5 Å². The number of hydrogen-bond acceptors (Lipinski definition) is 4. The van der Waals surface area contributed by atoms with Gasteiger partial charge in [0.2, 0.25) is 0 Å². The van der Waals surface area contributed by atoms with E-state index in [2.05, 4.69) is 0 Å². The quantitative estimate of drug-likeness (QED) is 0.423. The Kier molecular flexibility index (Phi) is 7.59. The second kappa shape index (κ2) is 9.70. The molecular formula is C19H19NO4. The minimum atomic E-state index is -1.27. The number of nitrogens with zero attached hydrogens (tertiary/aromatic N) is 1. The number of carboxylic acids is 1. The van der Waals surface area contributed by atoms with Crippen LogP contribution in [0.25, 0.3) is 18.6 Å². The summed E-state index contributed by atoms with van der Waals surface area (Å²) in [5.74, 6) is -1.27. The maximum absolute atomic E-state index is 10.7. The van der Waals surface area contributed by atoms with Crippen molar-refractivity contribution in [1.82, 2.24) is 0 Å². The molecule has 5 nitrogen and oxygen atoms in total. The van der Waals surface area contributed by atoms with Crippen molar-refractivity contribution in [2.24, 2.45) is 0 Å². The van der Waals surface area contributed by atoms with Crippen LogP contribution in [0.1, 0.15) is 24.5 Å². The Labute approximate surface area is 140 Å². The van der Waals surface area contributed by atoms with Gasteiger partial charge in [-0.2, -0.15) is 5.26 Å². The largest absolute Gasteiger partial charge is 0.515 e. The van der Waals surface area contributed by atoms with Crippen LogP contribution in [-0.4, -0.2) is 21.3 Å². The molecule has 0 atom stereocenters. The fourth-order valence-electron chi connectivity index (χ4n) is 2.09. The van der Waals surface area contributed by atoms with Crippen LogP contribution in [0, 0.1) is 11.3 Å². The Morgan fingerprint density at radius 3 is 2.38 bits per heavy atom. The van der Waals surface area contributed by atoms with E-state index in [1.807, 2.05) is 19.1 Å². The Hall–Kier alpha value is -3.26.